The normalized spacial score (nSPS) is 16.4. The second-order valence-corrected chi connectivity index (χ2v) is 16.5. The summed E-state index contributed by atoms with van der Waals surface area (Å²) in [5.74, 6) is 2.19. The molecule has 2 aliphatic rings. The third kappa shape index (κ3) is 8.15. The lowest BCUT2D eigenvalue weighted by atomic mass is 9.54. The van der Waals surface area contributed by atoms with Crippen molar-refractivity contribution in [2.75, 3.05) is 4.90 Å². The average molecular weight is 888 g/mol. The number of rotatable bonds is 5. The molecule has 3 heteroatoms. The van der Waals surface area contributed by atoms with E-state index in [0.717, 1.165) is 38.8 Å². The Labute approximate surface area is 364 Å². The highest BCUT2D eigenvalue weighted by Crippen LogP contribution is 2.60. The van der Waals surface area contributed by atoms with Crippen molar-refractivity contribution in [3.05, 3.63) is 237 Å². The predicted molar refractivity (Wildman–Crippen MR) is 260 cm³/mol. The van der Waals surface area contributed by atoms with E-state index >= 15 is 0 Å². The minimum Gasteiger partial charge on any atom is -0.310 e. The van der Waals surface area contributed by atoms with Gasteiger partial charge in [0.1, 0.15) is 0 Å². The summed E-state index contributed by atoms with van der Waals surface area (Å²) in [6.07, 6.45) is 9.91. The van der Waals surface area contributed by atoms with E-state index in [0.29, 0.717) is 0 Å². The van der Waals surface area contributed by atoms with Crippen molar-refractivity contribution in [3.63, 3.8) is 0 Å². The van der Waals surface area contributed by atoms with Crippen LogP contribution >= 0.6 is 31.9 Å². The average Bonchev–Trinajstić information content (AvgIpc) is 3.65. The van der Waals surface area contributed by atoms with Crippen LogP contribution in [0.15, 0.2) is 193 Å². The maximum atomic E-state index is 4.66. The maximum Gasteiger partial charge on any atom is 0.0465 e. The molecule has 2 unspecified atom stereocenters. The van der Waals surface area contributed by atoms with Crippen LogP contribution < -0.4 is 4.90 Å². The Kier molecular flexibility index (Phi) is 14.6. The molecule has 8 rings (SSSR count). The monoisotopic (exact) mass is 885 g/mol. The zero-order valence-corrected chi connectivity index (χ0v) is 37.6. The van der Waals surface area contributed by atoms with Gasteiger partial charge in [-0.15, -0.1) is 26.2 Å². The number of anilines is 3. The van der Waals surface area contributed by atoms with E-state index in [1.807, 2.05) is 6.92 Å². The van der Waals surface area contributed by atoms with Crippen molar-refractivity contribution in [2.24, 2.45) is 0 Å². The molecular weight excluding hydrogens is 834 g/mol. The van der Waals surface area contributed by atoms with E-state index in [4.69, 9.17) is 0 Å². The first kappa shape index (κ1) is 43.7. The largest absolute Gasteiger partial charge is 0.310 e. The summed E-state index contributed by atoms with van der Waals surface area (Å²) in [7, 11) is 0. The minimum atomic E-state index is -0.374. The molecule has 6 aromatic carbocycles. The molecule has 0 aromatic heterocycles. The Bertz CT molecular complexity index is 2410. The maximum absolute atomic E-state index is 4.66. The van der Waals surface area contributed by atoms with Gasteiger partial charge in [0.15, 0.2) is 0 Å². The number of halogens is 2. The smallest absolute Gasteiger partial charge is 0.0465 e. The van der Waals surface area contributed by atoms with Crippen molar-refractivity contribution in [3.8, 4) is 12.3 Å². The molecule has 2 aliphatic carbocycles. The topological polar surface area (TPSA) is 3.24 Å². The van der Waals surface area contributed by atoms with Gasteiger partial charge in [-0.05, 0) is 164 Å². The quantitative estimate of drug-likeness (QED) is 0.123. The van der Waals surface area contributed by atoms with Crippen LogP contribution in [0.2, 0.25) is 0 Å². The first-order valence-electron chi connectivity index (χ1n) is 19.6. The number of fused-ring (bicyclic) bond motifs is 6. The zero-order chi connectivity index (χ0) is 42.0. The van der Waals surface area contributed by atoms with E-state index < -0.39 is 0 Å². The molecule has 58 heavy (non-hydrogen) atoms. The first-order chi connectivity index (χ1) is 28.1. The van der Waals surface area contributed by atoms with E-state index in [2.05, 4.69) is 243 Å². The van der Waals surface area contributed by atoms with Crippen LogP contribution in [-0.2, 0) is 17.3 Å². The van der Waals surface area contributed by atoms with Crippen molar-refractivity contribution in [1.82, 2.24) is 0 Å². The SMILES string of the molecule is C#CC=C.C=C.C=CC.CC(C)=C(C)c1ccccc1C1(C)c2ccccc2C2(CCc3ccccc32)c2cc(N(c3ccc(Br)cc3)c3ccc(Br)cc3)ccc21. The predicted octanol–water partition coefficient (Wildman–Crippen LogP) is 16.2. The number of terminal acetylenes is 1. The number of hydrogen-bond acceptors (Lipinski definition) is 1. The van der Waals surface area contributed by atoms with Gasteiger partial charge in [0.2, 0.25) is 0 Å². The highest BCUT2D eigenvalue weighted by atomic mass is 79.9. The molecule has 0 saturated heterocycles. The molecule has 0 heterocycles. The van der Waals surface area contributed by atoms with Gasteiger partial charge in [0.05, 0.1) is 0 Å². The summed E-state index contributed by atoms with van der Waals surface area (Å²) in [6.45, 7) is 23.7. The molecule has 292 valence electrons. The third-order valence-electron chi connectivity index (χ3n) is 11.3. The van der Waals surface area contributed by atoms with Gasteiger partial charge < -0.3 is 4.90 Å². The second kappa shape index (κ2) is 19.4. The van der Waals surface area contributed by atoms with Crippen molar-refractivity contribution in [2.45, 2.75) is 58.3 Å². The number of benzene rings is 6. The lowest BCUT2D eigenvalue weighted by Gasteiger charge is -2.48. The molecule has 0 bridgehead atoms. The molecule has 0 aliphatic heterocycles. The van der Waals surface area contributed by atoms with Crippen LogP contribution in [0.25, 0.3) is 5.57 Å². The molecule has 6 aromatic rings. The number of allylic oxidation sites excluding steroid dienone is 4. The molecular formula is C55H53Br2N. The van der Waals surface area contributed by atoms with Crippen LogP contribution in [0.4, 0.5) is 17.1 Å². The number of nitrogens with zero attached hydrogens (tertiary/aromatic N) is 1. The van der Waals surface area contributed by atoms with Gasteiger partial charge in [-0.3, -0.25) is 0 Å². The Morgan fingerprint density at radius 1 is 0.638 bits per heavy atom. The number of hydrogen-bond donors (Lipinski definition) is 0. The van der Waals surface area contributed by atoms with Gasteiger partial charge in [0, 0.05) is 36.8 Å². The summed E-state index contributed by atoms with van der Waals surface area (Å²) in [6, 6.07) is 52.2. The summed E-state index contributed by atoms with van der Waals surface area (Å²) in [4.78, 5) is 2.40. The molecule has 1 nitrogen and oxygen atoms in total. The van der Waals surface area contributed by atoms with Crippen LogP contribution in [-0.4, -0.2) is 0 Å². The standard InChI is InChI=1S/C46H39Br2N.C4H4.C3H6.C2H4/c1-30(2)31(3)38-12-6-8-14-40(38)45(4)41-15-9-10-16-43(41)46(28-27-32-11-5-7-13-39(32)46)44-29-37(25-26-42(44)45)49(35-21-17-33(47)18-22-35)36-23-19-34(48)20-24-36;1-3-4-2;1-3-2;1-2/h5-26,29H,27-28H2,1-4H3;1,4H,2H2;3H,1H2,2H3;1-2H2. The Balaban J connectivity index is 0.000000654. The highest BCUT2D eigenvalue weighted by molar-refractivity contribution is 9.10. The minimum absolute atomic E-state index is 0.260. The van der Waals surface area contributed by atoms with Crippen LogP contribution in [0, 0.1) is 12.3 Å². The van der Waals surface area contributed by atoms with Gasteiger partial charge in [-0.25, -0.2) is 0 Å². The van der Waals surface area contributed by atoms with E-state index in [1.165, 1.54) is 61.7 Å². The highest BCUT2D eigenvalue weighted by Gasteiger charge is 2.53. The third-order valence-corrected chi connectivity index (χ3v) is 12.4. The summed E-state index contributed by atoms with van der Waals surface area (Å²) in [5.41, 5.74) is 16.6. The lowest BCUT2D eigenvalue weighted by molar-refractivity contribution is 0.530. The lowest BCUT2D eigenvalue weighted by Crippen LogP contribution is -2.42. The van der Waals surface area contributed by atoms with E-state index in [1.54, 1.807) is 6.08 Å². The van der Waals surface area contributed by atoms with Gasteiger partial charge in [0.25, 0.3) is 0 Å². The summed E-state index contributed by atoms with van der Waals surface area (Å²) in [5, 5.41) is 0. The van der Waals surface area contributed by atoms with E-state index in [9.17, 15) is 0 Å². The Hall–Kier alpha value is -5.40. The molecule has 0 fully saturated rings. The summed E-state index contributed by atoms with van der Waals surface area (Å²) < 4.78 is 2.13. The first-order valence-corrected chi connectivity index (χ1v) is 21.2. The van der Waals surface area contributed by atoms with Gasteiger partial charge in [-0.1, -0.05) is 135 Å². The van der Waals surface area contributed by atoms with Gasteiger partial charge in [-0.2, -0.15) is 0 Å². The second-order valence-electron chi connectivity index (χ2n) is 14.7. The molecule has 0 N–H and O–H groups in total. The van der Waals surface area contributed by atoms with Crippen molar-refractivity contribution >= 4 is 54.5 Å². The fourth-order valence-electron chi connectivity index (χ4n) is 8.65. The molecule has 0 amide bonds. The fourth-order valence-corrected chi connectivity index (χ4v) is 9.17. The number of aryl methyl sites for hydroxylation is 1. The van der Waals surface area contributed by atoms with Crippen LogP contribution in [0.1, 0.15) is 85.5 Å². The van der Waals surface area contributed by atoms with Crippen LogP contribution in [0.3, 0.4) is 0 Å². The molecule has 0 radical (unpaired) electrons. The summed E-state index contributed by atoms with van der Waals surface area (Å²) >= 11 is 7.34. The molecule has 1 spiro atoms. The Morgan fingerprint density at radius 3 is 1.62 bits per heavy atom. The zero-order valence-electron chi connectivity index (χ0n) is 34.5. The molecule has 2 atom stereocenters. The molecule has 0 saturated carbocycles. The van der Waals surface area contributed by atoms with Crippen molar-refractivity contribution in [1.29, 1.82) is 0 Å². The van der Waals surface area contributed by atoms with E-state index in [-0.39, 0.29) is 10.8 Å². The fraction of sp³-hybridized carbons (Fsp3) is 0.164. The van der Waals surface area contributed by atoms with Crippen LogP contribution in [0.5, 0.6) is 0 Å². The van der Waals surface area contributed by atoms with Gasteiger partial charge >= 0.3 is 0 Å². The van der Waals surface area contributed by atoms with Crippen molar-refractivity contribution < 1.29 is 0 Å². The Morgan fingerprint density at radius 2 is 1.09 bits per heavy atom.